The molecule has 0 atom stereocenters. The van der Waals surface area contributed by atoms with E-state index in [1.165, 1.54) is 5.56 Å². The lowest BCUT2D eigenvalue weighted by atomic mass is 10.2. The molecule has 0 bridgehead atoms. The number of benzene rings is 1. The molecule has 0 radical (unpaired) electrons. The monoisotopic (exact) mass is 291 g/mol. The summed E-state index contributed by atoms with van der Waals surface area (Å²) < 4.78 is 2.02. The number of alkyl halides is 1. The Morgan fingerprint density at radius 1 is 1.16 bits per heavy atom. The van der Waals surface area contributed by atoms with E-state index in [-0.39, 0.29) is 0 Å². The first-order chi connectivity index (χ1) is 9.28. The average molecular weight is 292 g/mol. The molecule has 2 heterocycles. The quantitative estimate of drug-likeness (QED) is 0.686. The van der Waals surface area contributed by atoms with Gasteiger partial charge in [-0.15, -0.1) is 11.6 Å². The lowest BCUT2D eigenvalue weighted by Gasteiger charge is -2.07. The van der Waals surface area contributed by atoms with Crippen LogP contribution in [0.3, 0.4) is 0 Å². The molecule has 0 aliphatic heterocycles. The first kappa shape index (κ1) is 12.5. The molecule has 0 saturated heterocycles. The normalized spacial score (nSPS) is 11.1. The molecule has 0 saturated carbocycles. The van der Waals surface area contributed by atoms with Crippen LogP contribution in [0.1, 0.15) is 11.4 Å². The topological polar surface area (TPSA) is 30.7 Å². The number of fused-ring (bicyclic) bond motifs is 1. The number of hydrogen-bond acceptors (Lipinski definition) is 2. The first-order valence-corrected chi connectivity index (χ1v) is 6.80. The molecule has 19 heavy (non-hydrogen) atoms. The van der Waals surface area contributed by atoms with Gasteiger partial charge in [0.2, 0.25) is 0 Å². The molecule has 0 unspecified atom stereocenters. The van der Waals surface area contributed by atoms with Crippen LogP contribution in [0.25, 0.3) is 11.2 Å². The van der Waals surface area contributed by atoms with E-state index in [0.29, 0.717) is 17.4 Å². The third-order valence-corrected chi connectivity index (χ3v) is 3.38. The fourth-order valence-electron chi connectivity index (χ4n) is 2.07. The van der Waals surface area contributed by atoms with Crippen molar-refractivity contribution in [3.05, 3.63) is 59.0 Å². The summed E-state index contributed by atoms with van der Waals surface area (Å²) in [4.78, 5) is 8.83. The van der Waals surface area contributed by atoms with Crippen LogP contribution in [-0.4, -0.2) is 14.5 Å². The molecule has 1 aromatic carbocycles. The van der Waals surface area contributed by atoms with Gasteiger partial charge in [-0.3, -0.25) is 0 Å². The van der Waals surface area contributed by atoms with Crippen LogP contribution in [0, 0.1) is 0 Å². The van der Waals surface area contributed by atoms with Crippen molar-refractivity contribution in [3.8, 4) is 0 Å². The van der Waals surface area contributed by atoms with Gasteiger partial charge in [0.25, 0.3) is 0 Å². The van der Waals surface area contributed by atoms with Gasteiger partial charge in [-0.25, -0.2) is 9.97 Å². The number of halogens is 2. The zero-order valence-corrected chi connectivity index (χ0v) is 11.6. The second-order valence-electron chi connectivity index (χ2n) is 4.23. The zero-order chi connectivity index (χ0) is 13.2. The highest BCUT2D eigenvalue weighted by Crippen LogP contribution is 2.20. The molecule has 0 amide bonds. The summed E-state index contributed by atoms with van der Waals surface area (Å²) in [6, 6.07) is 12.0. The molecular formula is C14H11Cl2N3. The Bertz CT molecular complexity index is 707. The second kappa shape index (κ2) is 5.19. The molecule has 0 fully saturated rings. The van der Waals surface area contributed by atoms with Crippen molar-refractivity contribution < 1.29 is 0 Å². The van der Waals surface area contributed by atoms with Crippen LogP contribution >= 0.6 is 23.2 Å². The molecule has 0 aliphatic rings. The van der Waals surface area contributed by atoms with Crippen LogP contribution in [0.5, 0.6) is 0 Å². The molecule has 0 spiro atoms. The van der Waals surface area contributed by atoms with Crippen molar-refractivity contribution in [2.24, 2.45) is 0 Å². The SMILES string of the molecule is ClCc1nc2cc(Cl)cnc2n1Cc1ccccc1. The van der Waals surface area contributed by atoms with Gasteiger partial charge < -0.3 is 4.57 Å². The standard InChI is InChI=1S/C14H11Cl2N3/c15-7-13-18-12-6-11(16)8-17-14(12)19(13)9-10-4-2-1-3-5-10/h1-6,8H,7,9H2. The van der Waals surface area contributed by atoms with Crippen molar-refractivity contribution >= 4 is 34.4 Å². The smallest absolute Gasteiger partial charge is 0.160 e. The van der Waals surface area contributed by atoms with E-state index in [2.05, 4.69) is 22.1 Å². The van der Waals surface area contributed by atoms with Gasteiger partial charge in [0, 0.05) is 6.20 Å². The Kier molecular flexibility index (Phi) is 3.40. The molecule has 3 rings (SSSR count). The minimum atomic E-state index is 0.348. The van der Waals surface area contributed by atoms with E-state index >= 15 is 0 Å². The predicted octanol–water partition coefficient (Wildman–Crippen LogP) is 3.87. The van der Waals surface area contributed by atoms with Crippen molar-refractivity contribution in [1.29, 1.82) is 0 Å². The van der Waals surface area contributed by atoms with Crippen LogP contribution in [0.2, 0.25) is 5.02 Å². The van der Waals surface area contributed by atoms with Gasteiger partial charge in [0.15, 0.2) is 5.65 Å². The van der Waals surface area contributed by atoms with Crippen LogP contribution in [0.4, 0.5) is 0 Å². The summed E-state index contributed by atoms with van der Waals surface area (Å²) >= 11 is 11.9. The fourth-order valence-corrected chi connectivity index (χ4v) is 2.42. The largest absolute Gasteiger partial charge is 0.307 e. The Hall–Kier alpha value is -1.58. The van der Waals surface area contributed by atoms with E-state index in [1.807, 2.05) is 22.8 Å². The summed E-state index contributed by atoms with van der Waals surface area (Å²) in [7, 11) is 0. The lowest BCUT2D eigenvalue weighted by molar-refractivity contribution is 0.770. The van der Waals surface area contributed by atoms with E-state index in [4.69, 9.17) is 23.2 Å². The van der Waals surface area contributed by atoms with Gasteiger partial charge in [-0.05, 0) is 11.6 Å². The third kappa shape index (κ3) is 2.44. The van der Waals surface area contributed by atoms with E-state index in [1.54, 1.807) is 12.3 Å². The Balaban J connectivity index is 2.11. The number of rotatable bonds is 3. The van der Waals surface area contributed by atoms with Crippen LogP contribution in [-0.2, 0) is 12.4 Å². The third-order valence-electron chi connectivity index (χ3n) is 2.93. The van der Waals surface area contributed by atoms with E-state index < -0.39 is 0 Å². The van der Waals surface area contributed by atoms with Crippen LogP contribution in [0.15, 0.2) is 42.6 Å². The fraction of sp³-hybridized carbons (Fsp3) is 0.143. The van der Waals surface area contributed by atoms with Crippen LogP contribution < -0.4 is 0 Å². The summed E-state index contributed by atoms with van der Waals surface area (Å²) in [6.07, 6.45) is 1.63. The van der Waals surface area contributed by atoms with Gasteiger partial charge in [-0.2, -0.15) is 0 Å². The Morgan fingerprint density at radius 3 is 2.68 bits per heavy atom. The summed E-state index contributed by atoms with van der Waals surface area (Å²) in [5.41, 5.74) is 2.77. The average Bonchev–Trinajstić information content (AvgIpc) is 2.77. The van der Waals surface area contributed by atoms with Gasteiger partial charge >= 0.3 is 0 Å². The maximum Gasteiger partial charge on any atom is 0.160 e. The highest BCUT2D eigenvalue weighted by molar-refractivity contribution is 6.31. The maximum absolute atomic E-state index is 5.97. The van der Waals surface area contributed by atoms with Crippen molar-refractivity contribution in [3.63, 3.8) is 0 Å². The van der Waals surface area contributed by atoms with E-state index in [0.717, 1.165) is 17.0 Å². The highest BCUT2D eigenvalue weighted by atomic mass is 35.5. The number of nitrogens with zero attached hydrogens (tertiary/aromatic N) is 3. The second-order valence-corrected chi connectivity index (χ2v) is 4.93. The highest BCUT2D eigenvalue weighted by Gasteiger charge is 2.11. The maximum atomic E-state index is 5.97. The summed E-state index contributed by atoms with van der Waals surface area (Å²) in [5.74, 6) is 1.15. The van der Waals surface area contributed by atoms with E-state index in [9.17, 15) is 0 Å². The summed E-state index contributed by atoms with van der Waals surface area (Å²) in [5, 5.41) is 0.581. The summed E-state index contributed by atoms with van der Waals surface area (Å²) in [6.45, 7) is 0.702. The number of aromatic nitrogens is 3. The molecule has 3 nitrogen and oxygen atoms in total. The number of hydrogen-bond donors (Lipinski definition) is 0. The Labute approximate surface area is 120 Å². The Morgan fingerprint density at radius 2 is 1.95 bits per heavy atom. The van der Waals surface area contributed by atoms with Crippen molar-refractivity contribution in [1.82, 2.24) is 14.5 Å². The van der Waals surface area contributed by atoms with Crippen molar-refractivity contribution in [2.75, 3.05) is 0 Å². The zero-order valence-electron chi connectivity index (χ0n) is 10.1. The number of pyridine rings is 1. The molecular weight excluding hydrogens is 281 g/mol. The molecule has 2 aromatic heterocycles. The molecule has 96 valence electrons. The minimum Gasteiger partial charge on any atom is -0.307 e. The molecule has 0 N–H and O–H groups in total. The van der Waals surface area contributed by atoms with Gasteiger partial charge in [0.1, 0.15) is 11.3 Å². The van der Waals surface area contributed by atoms with Crippen molar-refractivity contribution in [2.45, 2.75) is 12.4 Å². The van der Waals surface area contributed by atoms with Gasteiger partial charge in [0.05, 0.1) is 17.4 Å². The first-order valence-electron chi connectivity index (χ1n) is 5.88. The number of imidazole rings is 1. The predicted molar refractivity (Wildman–Crippen MR) is 77.6 cm³/mol. The minimum absolute atomic E-state index is 0.348. The lowest BCUT2D eigenvalue weighted by Crippen LogP contribution is -2.04. The molecule has 0 aliphatic carbocycles. The molecule has 5 heteroatoms. The van der Waals surface area contributed by atoms with Gasteiger partial charge in [-0.1, -0.05) is 41.9 Å². The molecule has 3 aromatic rings.